The van der Waals surface area contributed by atoms with Crippen LogP contribution in [0.25, 0.3) is 0 Å². The van der Waals surface area contributed by atoms with Crippen LogP contribution >= 0.6 is 15.9 Å². The quantitative estimate of drug-likeness (QED) is 0.732. The Bertz CT molecular complexity index is 384. The topological polar surface area (TPSA) is 3.24 Å². The van der Waals surface area contributed by atoms with Gasteiger partial charge in [-0.15, -0.1) is 0 Å². The average Bonchev–Trinajstić information content (AvgIpc) is 2.58. The zero-order valence-electron chi connectivity index (χ0n) is 10.4. The van der Waals surface area contributed by atoms with E-state index in [9.17, 15) is 0 Å². The van der Waals surface area contributed by atoms with Gasteiger partial charge in [-0.25, -0.2) is 0 Å². The maximum Gasteiger partial charge on any atom is 0.0373 e. The Balaban J connectivity index is 2.31. The van der Waals surface area contributed by atoms with Crippen molar-refractivity contribution in [2.75, 3.05) is 11.4 Å². The Hall–Kier alpha value is -0.500. The first-order valence-corrected chi connectivity index (χ1v) is 7.10. The fraction of sp³-hybridized carbons (Fsp3) is 0.571. The van der Waals surface area contributed by atoms with Crippen LogP contribution in [0.4, 0.5) is 5.69 Å². The summed E-state index contributed by atoms with van der Waals surface area (Å²) in [6.45, 7) is 8.07. The van der Waals surface area contributed by atoms with Gasteiger partial charge in [0.25, 0.3) is 0 Å². The average molecular weight is 282 g/mol. The molecule has 0 bridgehead atoms. The molecule has 88 valence electrons. The van der Waals surface area contributed by atoms with E-state index in [2.05, 4.69) is 59.8 Å². The molecule has 1 aliphatic rings. The van der Waals surface area contributed by atoms with Crippen LogP contribution in [0.2, 0.25) is 0 Å². The fourth-order valence-electron chi connectivity index (χ4n) is 2.58. The summed E-state index contributed by atoms with van der Waals surface area (Å²) in [6, 6.07) is 6.83. The van der Waals surface area contributed by atoms with Crippen LogP contribution in [0, 0.1) is 6.92 Å². The third kappa shape index (κ3) is 2.13. The number of anilines is 1. The van der Waals surface area contributed by atoms with E-state index in [1.54, 1.807) is 0 Å². The minimum absolute atomic E-state index is 0.322. The second-order valence-corrected chi connectivity index (χ2v) is 5.87. The monoisotopic (exact) mass is 281 g/mol. The van der Waals surface area contributed by atoms with E-state index in [4.69, 9.17) is 0 Å². The lowest BCUT2D eigenvalue weighted by Crippen LogP contribution is -2.38. The van der Waals surface area contributed by atoms with Crippen LogP contribution in [0.3, 0.4) is 0 Å². The second kappa shape index (κ2) is 4.40. The van der Waals surface area contributed by atoms with Gasteiger partial charge < -0.3 is 4.90 Å². The van der Waals surface area contributed by atoms with Gasteiger partial charge in [0, 0.05) is 23.1 Å². The molecule has 0 N–H and O–H groups in total. The summed E-state index contributed by atoms with van der Waals surface area (Å²) in [5.74, 6) is 0. The molecule has 0 radical (unpaired) electrons. The highest BCUT2D eigenvalue weighted by atomic mass is 79.9. The molecule has 2 rings (SSSR count). The number of hydrogen-bond donors (Lipinski definition) is 0. The van der Waals surface area contributed by atoms with Crippen molar-refractivity contribution in [1.82, 2.24) is 0 Å². The molecule has 1 nitrogen and oxygen atoms in total. The summed E-state index contributed by atoms with van der Waals surface area (Å²) < 4.78 is 0. The Morgan fingerprint density at radius 2 is 2.12 bits per heavy atom. The van der Waals surface area contributed by atoms with E-state index in [1.165, 1.54) is 36.2 Å². The van der Waals surface area contributed by atoms with Crippen LogP contribution in [0.1, 0.15) is 37.8 Å². The molecule has 0 saturated carbocycles. The third-order valence-corrected chi connectivity index (χ3v) is 4.29. The van der Waals surface area contributed by atoms with E-state index in [1.807, 2.05) is 0 Å². The van der Waals surface area contributed by atoms with Crippen molar-refractivity contribution in [3.8, 4) is 0 Å². The van der Waals surface area contributed by atoms with Crippen LogP contribution < -0.4 is 4.90 Å². The van der Waals surface area contributed by atoms with Crippen molar-refractivity contribution in [2.24, 2.45) is 0 Å². The molecule has 1 aromatic rings. The van der Waals surface area contributed by atoms with Gasteiger partial charge in [0.05, 0.1) is 0 Å². The molecular formula is C14H20BrN. The van der Waals surface area contributed by atoms with Crippen molar-refractivity contribution in [3.63, 3.8) is 0 Å². The molecule has 1 heterocycles. The number of aryl methyl sites for hydroxylation is 1. The molecule has 1 aliphatic heterocycles. The van der Waals surface area contributed by atoms with Crippen LogP contribution in [-0.4, -0.2) is 12.1 Å². The lowest BCUT2D eigenvalue weighted by molar-refractivity contribution is 0.518. The molecule has 0 amide bonds. The smallest absolute Gasteiger partial charge is 0.0373 e. The maximum atomic E-state index is 3.53. The summed E-state index contributed by atoms with van der Waals surface area (Å²) in [5.41, 5.74) is 4.48. The number of halogens is 1. The largest absolute Gasteiger partial charge is 0.366 e. The number of rotatable bonds is 2. The van der Waals surface area contributed by atoms with E-state index in [0.717, 1.165) is 5.33 Å². The van der Waals surface area contributed by atoms with Crippen LogP contribution in [0.15, 0.2) is 18.2 Å². The molecular weight excluding hydrogens is 262 g/mol. The van der Waals surface area contributed by atoms with Crippen molar-refractivity contribution < 1.29 is 0 Å². The Morgan fingerprint density at radius 3 is 2.62 bits per heavy atom. The standard InChI is InChI=1S/C14H20BrN/c1-11-9-13(6-5-12(11)10-15)16-8-4-7-14(16,2)3/h5-6,9H,4,7-8,10H2,1-3H3. The summed E-state index contributed by atoms with van der Waals surface area (Å²) >= 11 is 3.53. The molecule has 1 saturated heterocycles. The predicted molar refractivity (Wildman–Crippen MR) is 74.5 cm³/mol. The fourth-order valence-corrected chi connectivity index (χ4v) is 3.21. The minimum atomic E-state index is 0.322. The van der Waals surface area contributed by atoms with Gasteiger partial charge in [-0.1, -0.05) is 22.0 Å². The van der Waals surface area contributed by atoms with Gasteiger partial charge in [0.2, 0.25) is 0 Å². The van der Waals surface area contributed by atoms with Crippen molar-refractivity contribution in [3.05, 3.63) is 29.3 Å². The number of alkyl halides is 1. The first-order chi connectivity index (χ1) is 7.54. The molecule has 2 heteroatoms. The molecule has 0 unspecified atom stereocenters. The van der Waals surface area contributed by atoms with Crippen molar-refractivity contribution in [1.29, 1.82) is 0 Å². The molecule has 0 aromatic heterocycles. The molecule has 0 aliphatic carbocycles. The Morgan fingerprint density at radius 1 is 1.38 bits per heavy atom. The summed E-state index contributed by atoms with van der Waals surface area (Å²) in [7, 11) is 0. The first kappa shape index (κ1) is 12.0. The molecule has 0 spiro atoms. The molecule has 16 heavy (non-hydrogen) atoms. The Labute approximate surface area is 107 Å². The van der Waals surface area contributed by atoms with E-state index >= 15 is 0 Å². The summed E-state index contributed by atoms with van der Waals surface area (Å²) in [6.07, 6.45) is 2.61. The number of hydrogen-bond acceptors (Lipinski definition) is 1. The van der Waals surface area contributed by atoms with Crippen molar-refractivity contribution >= 4 is 21.6 Å². The van der Waals surface area contributed by atoms with Crippen LogP contribution in [-0.2, 0) is 5.33 Å². The van der Waals surface area contributed by atoms with Crippen molar-refractivity contribution in [2.45, 2.75) is 44.5 Å². The van der Waals surface area contributed by atoms with E-state index in [0.29, 0.717) is 5.54 Å². The highest BCUT2D eigenvalue weighted by Crippen LogP contribution is 2.34. The molecule has 0 atom stereocenters. The van der Waals surface area contributed by atoms with Gasteiger partial charge in [0.1, 0.15) is 0 Å². The number of benzene rings is 1. The van der Waals surface area contributed by atoms with E-state index < -0.39 is 0 Å². The van der Waals surface area contributed by atoms with E-state index in [-0.39, 0.29) is 0 Å². The zero-order chi connectivity index (χ0) is 11.8. The SMILES string of the molecule is Cc1cc(N2CCCC2(C)C)ccc1CBr. The third-order valence-electron chi connectivity index (χ3n) is 3.68. The highest BCUT2D eigenvalue weighted by Gasteiger charge is 2.31. The summed E-state index contributed by atoms with van der Waals surface area (Å²) in [4.78, 5) is 2.54. The lowest BCUT2D eigenvalue weighted by atomic mass is 10.0. The minimum Gasteiger partial charge on any atom is -0.366 e. The van der Waals surface area contributed by atoms with Gasteiger partial charge in [-0.05, 0) is 56.9 Å². The Kier molecular flexibility index (Phi) is 3.29. The van der Waals surface area contributed by atoms with Gasteiger partial charge in [-0.3, -0.25) is 0 Å². The zero-order valence-corrected chi connectivity index (χ0v) is 12.0. The second-order valence-electron chi connectivity index (χ2n) is 5.31. The number of nitrogens with zero attached hydrogens (tertiary/aromatic N) is 1. The summed E-state index contributed by atoms with van der Waals surface area (Å²) in [5, 5.41) is 0.947. The molecule has 1 fully saturated rings. The van der Waals surface area contributed by atoms with Gasteiger partial charge >= 0.3 is 0 Å². The normalized spacial score (nSPS) is 19.1. The van der Waals surface area contributed by atoms with Gasteiger partial charge in [0.15, 0.2) is 0 Å². The lowest BCUT2D eigenvalue weighted by Gasteiger charge is -2.34. The van der Waals surface area contributed by atoms with Gasteiger partial charge in [-0.2, -0.15) is 0 Å². The first-order valence-electron chi connectivity index (χ1n) is 5.98. The predicted octanol–water partition coefficient (Wildman–Crippen LogP) is 4.27. The van der Waals surface area contributed by atoms with Crippen LogP contribution in [0.5, 0.6) is 0 Å². The maximum absolute atomic E-state index is 3.53. The molecule has 1 aromatic carbocycles. The highest BCUT2D eigenvalue weighted by molar-refractivity contribution is 9.08.